The Morgan fingerprint density at radius 3 is 2.73 bits per heavy atom. The molecule has 0 saturated carbocycles. The van der Waals surface area contributed by atoms with Gasteiger partial charge >= 0.3 is 5.91 Å². The van der Waals surface area contributed by atoms with E-state index in [1.807, 2.05) is 25.1 Å². The van der Waals surface area contributed by atoms with E-state index in [0.29, 0.717) is 59.0 Å². The topological polar surface area (TPSA) is 111 Å². The molecule has 0 bridgehead atoms. The van der Waals surface area contributed by atoms with Gasteiger partial charge in [-0.1, -0.05) is 17.4 Å². The van der Waals surface area contributed by atoms with Crippen molar-refractivity contribution >= 4 is 44.1 Å². The van der Waals surface area contributed by atoms with Crippen molar-refractivity contribution in [2.24, 2.45) is 0 Å². The van der Waals surface area contributed by atoms with Crippen LogP contribution < -0.4 is 19.1 Å². The number of Topliss-reactive ketones (excluding diaryl/α,β-unsaturated/α-hetero) is 1. The average Bonchev–Trinajstić information content (AvgIpc) is 3.46. The average molecular weight is 516 g/mol. The van der Waals surface area contributed by atoms with E-state index in [2.05, 4.69) is 9.97 Å². The van der Waals surface area contributed by atoms with Crippen molar-refractivity contribution in [3.05, 3.63) is 77.6 Å². The summed E-state index contributed by atoms with van der Waals surface area (Å²) >= 11 is 1.26. The predicted molar refractivity (Wildman–Crippen MR) is 137 cm³/mol. The molecule has 0 spiro atoms. The number of thiazole rings is 1. The zero-order valence-corrected chi connectivity index (χ0v) is 20.5. The number of nitrogens with zero attached hydrogens (tertiary/aromatic N) is 3. The van der Waals surface area contributed by atoms with Gasteiger partial charge in [0.05, 0.1) is 28.1 Å². The molecule has 1 unspecified atom stereocenters. The van der Waals surface area contributed by atoms with Crippen LogP contribution in [0.4, 0.5) is 5.13 Å². The van der Waals surface area contributed by atoms with Crippen LogP contribution in [0.1, 0.15) is 24.2 Å². The number of amides is 1. The number of ether oxygens (including phenoxy) is 3. The Bertz CT molecular complexity index is 1570. The number of aliphatic hydroxyl groups is 1. The van der Waals surface area contributed by atoms with Crippen LogP contribution in [0.25, 0.3) is 16.0 Å². The first-order valence-electron chi connectivity index (χ1n) is 11.7. The first-order valence-corrected chi connectivity index (χ1v) is 12.5. The zero-order chi connectivity index (χ0) is 25.5. The van der Waals surface area contributed by atoms with Gasteiger partial charge in [0.25, 0.3) is 5.78 Å². The number of hydrogen-bond donors (Lipinski definition) is 1. The van der Waals surface area contributed by atoms with Crippen LogP contribution in [0.5, 0.6) is 17.2 Å². The molecule has 2 aromatic heterocycles. The fourth-order valence-corrected chi connectivity index (χ4v) is 5.47. The van der Waals surface area contributed by atoms with E-state index < -0.39 is 17.7 Å². The number of rotatable bonds is 5. The lowest BCUT2D eigenvalue weighted by Gasteiger charge is -2.22. The van der Waals surface area contributed by atoms with Crippen molar-refractivity contribution in [3.63, 3.8) is 0 Å². The Kier molecular flexibility index (Phi) is 5.72. The number of aliphatic hydroxyl groups excluding tert-OH is 1. The van der Waals surface area contributed by atoms with E-state index >= 15 is 0 Å². The number of aromatic nitrogens is 2. The second-order valence-electron chi connectivity index (χ2n) is 8.34. The monoisotopic (exact) mass is 515 g/mol. The van der Waals surface area contributed by atoms with Crippen LogP contribution in [-0.2, 0) is 9.59 Å². The normalized spacial score (nSPS) is 18.4. The minimum Gasteiger partial charge on any atom is -0.507 e. The first-order chi connectivity index (χ1) is 18.0. The Labute approximate surface area is 215 Å². The highest BCUT2D eigenvalue weighted by atomic mass is 32.1. The van der Waals surface area contributed by atoms with Crippen molar-refractivity contribution in [1.82, 2.24) is 9.97 Å². The minimum absolute atomic E-state index is 0.0744. The molecule has 4 heterocycles. The minimum atomic E-state index is -0.971. The highest BCUT2D eigenvalue weighted by Crippen LogP contribution is 2.44. The summed E-state index contributed by atoms with van der Waals surface area (Å²) in [4.78, 5) is 37.2. The molecule has 9 nitrogen and oxygen atoms in total. The van der Waals surface area contributed by atoms with Gasteiger partial charge in [-0.05, 0) is 55.5 Å². The van der Waals surface area contributed by atoms with Crippen LogP contribution in [0.15, 0.2) is 66.4 Å². The van der Waals surface area contributed by atoms with E-state index in [-0.39, 0.29) is 11.3 Å². The maximum absolute atomic E-state index is 13.4. The highest BCUT2D eigenvalue weighted by molar-refractivity contribution is 7.22. The number of carbonyl (C=O) groups is 2. The molecular weight excluding hydrogens is 494 g/mol. The first kappa shape index (κ1) is 23.0. The number of pyridine rings is 1. The molecule has 2 aliphatic rings. The van der Waals surface area contributed by atoms with Crippen LogP contribution in [-0.4, -0.2) is 46.6 Å². The van der Waals surface area contributed by atoms with Gasteiger partial charge in [-0.25, -0.2) is 4.98 Å². The Hall–Kier alpha value is -4.44. The van der Waals surface area contributed by atoms with E-state index in [1.165, 1.54) is 16.2 Å². The largest absolute Gasteiger partial charge is 0.507 e. The van der Waals surface area contributed by atoms with E-state index in [1.54, 1.807) is 42.6 Å². The summed E-state index contributed by atoms with van der Waals surface area (Å²) < 4.78 is 17.6. The third-order valence-electron chi connectivity index (χ3n) is 6.09. The van der Waals surface area contributed by atoms with Crippen LogP contribution in [0.2, 0.25) is 0 Å². The Balaban J connectivity index is 1.50. The van der Waals surface area contributed by atoms with Crippen LogP contribution in [0.3, 0.4) is 0 Å². The highest BCUT2D eigenvalue weighted by Gasteiger charge is 2.49. The second-order valence-corrected chi connectivity index (χ2v) is 9.35. The van der Waals surface area contributed by atoms with E-state index in [0.717, 1.165) is 4.70 Å². The standard InChI is InChI=1S/C27H21N3O6S/c1-2-34-16-7-8-17-21(14-16)37-27(29-17)30-23(18-5-3-4-10-28-18)22(25(32)26(30)33)24(31)15-6-9-19-20(13-15)36-12-11-35-19/h3-10,13-14,23,31H,2,11-12H2,1H3/b24-22+. The number of benzene rings is 2. The number of fused-ring (bicyclic) bond motifs is 2. The van der Waals surface area contributed by atoms with Crippen LogP contribution >= 0.6 is 11.3 Å². The summed E-state index contributed by atoms with van der Waals surface area (Å²) in [5, 5.41) is 11.7. The number of hydrogen-bond acceptors (Lipinski definition) is 9. The molecule has 37 heavy (non-hydrogen) atoms. The van der Waals surface area contributed by atoms with Crippen molar-refractivity contribution < 1.29 is 28.9 Å². The molecule has 1 saturated heterocycles. The summed E-state index contributed by atoms with van der Waals surface area (Å²) in [6.07, 6.45) is 1.58. The fraction of sp³-hybridized carbons (Fsp3) is 0.185. The van der Waals surface area contributed by atoms with E-state index in [9.17, 15) is 14.7 Å². The number of carbonyl (C=O) groups excluding carboxylic acids is 2. The predicted octanol–water partition coefficient (Wildman–Crippen LogP) is 4.49. The summed E-state index contributed by atoms with van der Waals surface area (Å²) in [6.45, 7) is 3.22. The molecule has 1 N–H and O–H groups in total. The SMILES string of the molecule is CCOc1ccc2nc(N3C(=O)C(=O)/C(=C(/O)c4ccc5c(c4)OCCO5)C3c3ccccn3)sc2c1. The molecule has 2 aliphatic heterocycles. The number of ketones is 1. The van der Waals surface area contributed by atoms with Crippen LogP contribution in [0, 0.1) is 0 Å². The Morgan fingerprint density at radius 2 is 1.95 bits per heavy atom. The maximum atomic E-state index is 13.4. The van der Waals surface area contributed by atoms with Gasteiger partial charge in [0.15, 0.2) is 16.6 Å². The van der Waals surface area contributed by atoms with Gasteiger partial charge in [-0.3, -0.25) is 19.5 Å². The molecule has 1 amide bonds. The third kappa shape index (κ3) is 3.95. The lowest BCUT2D eigenvalue weighted by Crippen LogP contribution is -2.29. The van der Waals surface area contributed by atoms with Gasteiger partial charge in [0, 0.05) is 11.8 Å². The van der Waals surface area contributed by atoms with Crippen molar-refractivity contribution in [3.8, 4) is 17.2 Å². The van der Waals surface area contributed by atoms with Gasteiger partial charge in [0.2, 0.25) is 0 Å². The Morgan fingerprint density at radius 1 is 1.11 bits per heavy atom. The van der Waals surface area contributed by atoms with Crippen molar-refractivity contribution in [2.75, 3.05) is 24.7 Å². The lowest BCUT2D eigenvalue weighted by molar-refractivity contribution is -0.132. The van der Waals surface area contributed by atoms with Gasteiger partial charge in [-0.2, -0.15) is 0 Å². The van der Waals surface area contributed by atoms with E-state index in [4.69, 9.17) is 14.2 Å². The third-order valence-corrected chi connectivity index (χ3v) is 7.11. The second kappa shape index (κ2) is 9.21. The molecule has 4 aromatic rings. The molecule has 1 atom stereocenters. The molecule has 186 valence electrons. The summed E-state index contributed by atoms with van der Waals surface area (Å²) in [5.74, 6) is -0.253. The molecule has 10 heteroatoms. The molecule has 2 aromatic carbocycles. The van der Waals surface area contributed by atoms with Crippen molar-refractivity contribution in [2.45, 2.75) is 13.0 Å². The zero-order valence-electron chi connectivity index (χ0n) is 19.7. The van der Waals surface area contributed by atoms with Crippen molar-refractivity contribution in [1.29, 1.82) is 0 Å². The smallest absolute Gasteiger partial charge is 0.301 e. The van der Waals surface area contributed by atoms with Gasteiger partial charge < -0.3 is 19.3 Å². The lowest BCUT2D eigenvalue weighted by atomic mass is 9.98. The summed E-state index contributed by atoms with van der Waals surface area (Å²) in [5.41, 5.74) is 1.34. The fourth-order valence-electron chi connectivity index (χ4n) is 4.45. The molecular formula is C27H21N3O6S. The molecule has 0 radical (unpaired) electrons. The van der Waals surface area contributed by atoms with Gasteiger partial charge in [-0.15, -0.1) is 0 Å². The molecule has 0 aliphatic carbocycles. The molecule has 1 fully saturated rings. The quantitative estimate of drug-likeness (QED) is 0.235. The van der Waals surface area contributed by atoms with Gasteiger partial charge in [0.1, 0.15) is 30.8 Å². The summed E-state index contributed by atoms with van der Waals surface area (Å²) in [7, 11) is 0. The number of anilines is 1. The summed E-state index contributed by atoms with van der Waals surface area (Å²) in [6, 6.07) is 14.6. The molecule has 6 rings (SSSR count). The maximum Gasteiger partial charge on any atom is 0.301 e.